The number of alkyl halides is 2. The van der Waals surface area contributed by atoms with Crippen molar-refractivity contribution in [3.8, 4) is 12.3 Å². The second-order valence-electron chi connectivity index (χ2n) is 6.35. The van der Waals surface area contributed by atoms with Crippen LogP contribution >= 0.6 is 0 Å². The molecule has 21 heavy (non-hydrogen) atoms. The summed E-state index contributed by atoms with van der Waals surface area (Å²) in [5.41, 5.74) is -0.993. The molecule has 1 N–H and O–H groups in total. The third-order valence-electron chi connectivity index (χ3n) is 4.33. The number of terminal acetylenes is 1. The zero-order valence-electron chi connectivity index (χ0n) is 12.3. The van der Waals surface area contributed by atoms with E-state index in [-0.39, 0.29) is 18.7 Å². The monoisotopic (exact) mass is 297 g/mol. The Morgan fingerprint density at radius 1 is 1.24 bits per heavy atom. The van der Waals surface area contributed by atoms with Crippen LogP contribution in [0.25, 0.3) is 0 Å². The zero-order chi connectivity index (χ0) is 15.6. The van der Waals surface area contributed by atoms with E-state index >= 15 is 0 Å². The molecule has 0 aromatic heterocycles. The average Bonchev–Trinajstić information content (AvgIpc) is 3.19. The Kier molecular flexibility index (Phi) is 4.31. The topological polar surface area (TPSA) is 53.8 Å². The third-order valence-corrected chi connectivity index (χ3v) is 4.33. The number of nitrogens with zero attached hydrogens (tertiary/aromatic N) is 2. The van der Waals surface area contributed by atoms with Gasteiger partial charge >= 0.3 is 0 Å². The number of halogens is 2. The van der Waals surface area contributed by atoms with Gasteiger partial charge in [-0.15, -0.1) is 12.3 Å². The van der Waals surface area contributed by atoms with E-state index in [1.54, 1.807) is 0 Å². The van der Waals surface area contributed by atoms with Gasteiger partial charge in [0.2, 0.25) is 11.8 Å². The van der Waals surface area contributed by atoms with E-state index in [9.17, 15) is 13.6 Å². The summed E-state index contributed by atoms with van der Waals surface area (Å²) in [5, 5.41) is 10.8. The van der Waals surface area contributed by atoms with Crippen molar-refractivity contribution in [2.45, 2.75) is 75.4 Å². The van der Waals surface area contributed by atoms with Gasteiger partial charge in [0.05, 0.1) is 0 Å². The van der Waals surface area contributed by atoms with Crippen LogP contribution in [0, 0.1) is 12.3 Å². The molecule has 4 nitrogen and oxygen atoms in total. The van der Waals surface area contributed by atoms with Crippen LogP contribution in [0.2, 0.25) is 0 Å². The van der Waals surface area contributed by atoms with E-state index in [2.05, 4.69) is 21.5 Å². The molecule has 0 unspecified atom stereocenters. The fourth-order valence-corrected chi connectivity index (χ4v) is 2.67. The maximum Gasteiger partial charge on any atom is 0.248 e. The van der Waals surface area contributed by atoms with E-state index in [0.717, 1.165) is 0 Å². The Balaban J connectivity index is 1.74. The highest BCUT2D eigenvalue weighted by Crippen LogP contribution is 2.39. The maximum atomic E-state index is 13.2. The Morgan fingerprint density at radius 2 is 1.86 bits per heavy atom. The molecule has 1 heterocycles. The first-order valence-corrected chi connectivity index (χ1v) is 7.35. The van der Waals surface area contributed by atoms with Gasteiger partial charge in [-0.1, -0.05) is 0 Å². The lowest BCUT2D eigenvalue weighted by atomic mass is 9.81. The van der Waals surface area contributed by atoms with Crippen molar-refractivity contribution in [3.05, 3.63) is 0 Å². The van der Waals surface area contributed by atoms with Gasteiger partial charge in [-0.3, -0.25) is 4.79 Å². The van der Waals surface area contributed by atoms with Gasteiger partial charge in [-0.2, -0.15) is 10.2 Å². The van der Waals surface area contributed by atoms with Gasteiger partial charge in [-0.05, 0) is 19.8 Å². The minimum absolute atomic E-state index is 0.125. The summed E-state index contributed by atoms with van der Waals surface area (Å²) in [5.74, 6) is -0.174. The van der Waals surface area contributed by atoms with Crippen molar-refractivity contribution >= 4 is 5.91 Å². The summed E-state index contributed by atoms with van der Waals surface area (Å²) in [6, 6.07) is 0. The largest absolute Gasteiger partial charge is 0.351 e. The van der Waals surface area contributed by atoms with Crippen molar-refractivity contribution in [2.75, 3.05) is 0 Å². The quantitative estimate of drug-likeness (QED) is 0.750. The summed E-state index contributed by atoms with van der Waals surface area (Å²) >= 11 is 0. The summed E-state index contributed by atoms with van der Waals surface area (Å²) in [6.07, 6.45) is 7.57. The van der Waals surface area contributed by atoms with Crippen molar-refractivity contribution in [3.63, 3.8) is 0 Å². The first kappa shape index (κ1) is 15.9. The van der Waals surface area contributed by atoms with Crippen molar-refractivity contribution in [1.29, 1.82) is 0 Å². The molecule has 116 valence electrons. The number of carbonyl (C=O) groups excluding carboxylic acids is 1. The molecule has 0 spiro atoms. The number of carbonyl (C=O) groups is 1. The number of hydrogen-bond donors (Lipinski definition) is 1. The fraction of sp³-hybridized carbons (Fsp3) is 0.800. The molecular formula is C15H21F2N3O. The molecule has 2 rings (SSSR count). The van der Waals surface area contributed by atoms with Gasteiger partial charge in [-0.25, -0.2) is 8.78 Å². The average molecular weight is 297 g/mol. The van der Waals surface area contributed by atoms with Gasteiger partial charge in [0.25, 0.3) is 0 Å². The summed E-state index contributed by atoms with van der Waals surface area (Å²) < 4.78 is 26.3. The lowest BCUT2D eigenvalue weighted by Gasteiger charge is -2.38. The summed E-state index contributed by atoms with van der Waals surface area (Å²) in [6.45, 7) is 1.83. The SMILES string of the molecule is C#CCCC1(CCC(=O)NC2(C)CCC(F)(F)CC2)N=N1. The van der Waals surface area contributed by atoms with Crippen LogP contribution < -0.4 is 5.32 Å². The van der Waals surface area contributed by atoms with Gasteiger partial charge in [0, 0.05) is 44.1 Å². The minimum Gasteiger partial charge on any atom is -0.351 e. The number of amides is 1. The van der Waals surface area contributed by atoms with E-state index in [0.29, 0.717) is 38.5 Å². The van der Waals surface area contributed by atoms with Crippen LogP contribution in [-0.4, -0.2) is 23.0 Å². The van der Waals surface area contributed by atoms with Gasteiger partial charge in [0.1, 0.15) is 0 Å². The minimum atomic E-state index is -2.59. The third kappa shape index (κ3) is 4.48. The smallest absolute Gasteiger partial charge is 0.248 e. The second-order valence-corrected chi connectivity index (χ2v) is 6.35. The summed E-state index contributed by atoms with van der Waals surface area (Å²) in [7, 11) is 0. The predicted molar refractivity (Wildman–Crippen MR) is 74.9 cm³/mol. The molecule has 1 fully saturated rings. The molecule has 0 saturated heterocycles. The molecule has 1 aliphatic carbocycles. The highest BCUT2D eigenvalue weighted by molar-refractivity contribution is 5.76. The first-order chi connectivity index (χ1) is 9.78. The van der Waals surface area contributed by atoms with Crippen molar-refractivity contribution in [1.82, 2.24) is 5.32 Å². The number of nitrogens with one attached hydrogen (secondary N) is 1. The lowest BCUT2D eigenvalue weighted by Crippen LogP contribution is -2.50. The fourth-order valence-electron chi connectivity index (χ4n) is 2.67. The molecule has 0 aromatic rings. The van der Waals surface area contributed by atoms with Gasteiger partial charge < -0.3 is 5.32 Å². The number of hydrogen-bond acceptors (Lipinski definition) is 3. The van der Waals surface area contributed by atoms with E-state index in [1.807, 2.05) is 6.92 Å². The number of rotatable bonds is 6. The van der Waals surface area contributed by atoms with Crippen LogP contribution in [0.3, 0.4) is 0 Å². The van der Waals surface area contributed by atoms with Crippen LogP contribution in [0.4, 0.5) is 8.78 Å². The van der Waals surface area contributed by atoms with E-state index < -0.39 is 17.1 Å². The Hall–Kier alpha value is -1.51. The molecule has 1 amide bonds. The highest BCUT2D eigenvalue weighted by atomic mass is 19.3. The molecule has 6 heteroatoms. The first-order valence-electron chi connectivity index (χ1n) is 7.35. The van der Waals surface area contributed by atoms with E-state index in [4.69, 9.17) is 6.42 Å². The Labute approximate surface area is 123 Å². The standard InChI is InChI=1S/C15H21F2N3O/c1-3-4-6-15(19-20-15)7-5-12(21)18-13(2)8-10-14(16,17)11-9-13/h1H,4-11H2,2H3,(H,18,21). The molecule has 0 bridgehead atoms. The zero-order valence-corrected chi connectivity index (χ0v) is 12.3. The van der Waals surface area contributed by atoms with Crippen LogP contribution in [-0.2, 0) is 4.79 Å². The van der Waals surface area contributed by atoms with Crippen molar-refractivity contribution < 1.29 is 13.6 Å². The molecule has 0 atom stereocenters. The molecule has 1 saturated carbocycles. The van der Waals surface area contributed by atoms with E-state index in [1.165, 1.54) is 0 Å². The molecule has 0 aromatic carbocycles. The summed E-state index contributed by atoms with van der Waals surface area (Å²) in [4.78, 5) is 12.0. The normalized spacial score (nSPS) is 24.1. The molecule has 1 aliphatic heterocycles. The highest BCUT2D eigenvalue weighted by Gasteiger charge is 2.42. The molecular weight excluding hydrogens is 276 g/mol. The van der Waals surface area contributed by atoms with Gasteiger partial charge in [0.15, 0.2) is 5.66 Å². The maximum absolute atomic E-state index is 13.2. The van der Waals surface area contributed by atoms with Crippen molar-refractivity contribution in [2.24, 2.45) is 10.2 Å². The van der Waals surface area contributed by atoms with Crippen LogP contribution in [0.15, 0.2) is 10.2 Å². The lowest BCUT2D eigenvalue weighted by molar-refractivity contribution is -0.125. The Bertz CT molecular complexity index is 466. The molecule has 0 radical (unpaired) electrons. The predicted octanol–water partition coefficient (Wildman–Crippen LogP) is 3.43. The Morgan fingerprint density at radius 3 is 2.38 bits per heavy atom. The second kappa shape index (κ2) is 5.70. The van der Waals surface area contributed by atoms with Crippen LogP contribution in [0.5, 0.6) is 0 Å². The van der Waals surface area contributed by atoms with Crippen LogP contribution in [0.1, 0.15) is 58.3 Å². The molecule has 2 aliphatic rings.